The normalized spacial score (nSPS) is 10.4. The fourth-order valence-electron chi connectivity index (χ4n) is 1.90. The molecule has 0 bridgehead atoms. The minimum absolute atomic E-state index is 0.278. The van der Waals surface area contributed by atoms with E-state index in [4.69, 9.17) is 9.47 Å². The molecule has 0 aliphatic heterocycles. The van der Waals surface area contributed by atoms with E-state index in [2.05, 4.69) is 17.1 Å². The molecule has 0 spiro atoms. The number of hydrogen-bond donors (Lipinski definition) is 1. The Morgan fingerprint density at radius 1 is 1.08 bits per heavy atom. The van der Waals surface area contributed by atoms with Crippen LogP contribution in [0.1, 0.15) is 22.8 Å². The fourth-order valence-corrected chi connectivity index (χ4v) is 1.90. The number of hydrazone groups is 1. The van der Waals surface area contributed by atoms with Crippen molar-refractivity contribution < 1.29 is 14.3 Å². The van der Waals surface area contributed by atoms with Gasteiger partial charge in [-0.25, -0.2) is 5.43 Å². The summed E-state index contributed by atoms with van der Waals surface area (Å²) in [6, 6.07) is 14.3. The molecule has 5 heteroatoms. The van der Waals surface area contributed by atoms with Gasteiger partial charge in [-0.3, -0.25) is 4.79 Å². The number of benzene rings is 2. The lowest BCUT2D eigenvalue weighted by molar-refractivity contribution is 0.0955. The third-order valence-corrected chi connectivity index (χ3v) is 3.06. The standard InChI is InChI=1S/C19H20N2O3/c1-3-13-24-18-9-5-15(6-10-18)14-20-21-19(22)16-7-11-17(12-8-16)23-4-2/h3,5-12,14H,1,4,13H2,2H3,(H,21,22)/b20-14-. The molecule has 2 aromatic rings. The Balaban J connectivity index is 1.88. The van der Waals surface area contributed by atoms with Gasteiger partial charge in [0.25, 0.3) is 5.91 Å². The molecule has 0 saturated heterocycles. The lowest BCUT2D eigenvalue weighted by atomic mass is 10.2. The molecule has 0 unspecified atom stereocenters. The molecular formula is C19H20N2O3. The molecule has 0 atom stereocenters. The van der Waals surface area contributed by atoms with E-state index in [9.17, 15) is 4.79 Å². The number of hydrogen-bond acceptors (Lipinski definition) is 4. The molecule has 1 N–H and O–H groups in total. The van der Waals surface area contributed by atoms with E-state index in [-0.39, 0.29) is 5.91 Å². The summed E-state index contributed by atoms with van der Waals surface area (Å²) in [7, 11) is 0. The van der Waals surface area contributed by atoms with E-state index >= 15 is 0 Å². The molecular weight excluding hydrogens is 304 g/mol. The van der Waals surface area contributed by atoms with E-state index < -0.39 is 0 Å². The van der Waals surface area contributed by atoms with Crippen molar-refractivity contribution in [3.05, 3.63) is 72.3 Å². The monoisotopic (exact) mass is 324 g/mol. The highest BCUT2D eigenvalue weighted by molar-refractivity contribution is 5.95. The van der Waals surface area contributed by atoms with Crippen LogP contribution < -0.4 is 14.9 Å². The maximum Gasteiger partial charge on any atom is 0.271 e. The van der Waals surface area contributed by atoms with Crippen molar-refractivity contribution in [2.75, 3.05) is 13.2 Å². The van der Waals surface area contributed by atoms with Crippen molar-refractivity contribution in [1.82, 2.24) is 5.43 Å². The first-order chi connectivity index (χ1) is 11.7. The number of carbonyl (C=O) groups is 1. The Kier molecular flexibility index (Phi) is 6.58. The Bertz CT molecular complexity index is 692. The second kappa shape index (κ2) is 9.15. The predicted molar refractivity (Wildman–Crippen MR) is 94.8 cm³/mol. The van der Waals surface area contributed by atoms with Gasteiger partial charge in [0.15, 0.2) is 0 Å². The average molecular weight is 324 g/mol. The molecule has 2 rings (SSSR count). The zero-order valence-electron chi connectivity index (χ0n) is 13.6. The van der Waals surface area contributed by atoms with Crippen molar-refractivity contribution in [2.24, 2.45) is 5.10 Å². The lowest BCUT2D eigenvalue weighted by Gasteiger charge is -2.04. The first-order valence-electron chi connectivity index (χ1n) is 7.63. The molecule has 24 heavy (non-hydrogen) atoms. The van der Waals surface area contributed by atoms with Gasteiger partial charge >= 0.3 is 0 Å². The van der Waals surface area contributed by atoms with Crippen LogP contribution >= 0.6 is 0 Å². The first kappa shape index (κ1) is 17.3. The summed E-state index contributed by atoms with van der Waals surface area (Å²) in [6.45, 7) is 6.56. The van der Waals surface area contributed by atoms with Gasteiger partial charge in [0.05, 0.1) is 12.8 Å². The molecule has 0 heterocycles. The van der Waals surface area contributed by atoms with Gasteiger partial charge in [0, 0.05) is 5.56 Å². The summed E-state index contributed by atoms with van der Waals surface area (Å²) in [5, 5.41) is 3.96. The van der Waals surface area contributed by atoms with Crippen molar-refractivity contribution in [1.29, 1.82) is 0 Å². The van der Waals surface area contributed by atoms with Gasteiger partial charge in [-0.2, -0.15) is 5.10 Å². The molecule has 2 aromatic carbocycles. The van der Waals surface area contributed by atoms with Crippen LogP contribution in [0.25, 0.3) is 0 Å². The van der Waals surface area contributed by atoms with E-state index in [0.29, 0.717) is 18.8 Å². The fraction of sp³-hybridized carbons (Fsp3) is 0.158. The molecule has 124 valence electrons. The Morgan fingerprint density at radius 2 is 1.71 bits per heavy atom. The van der Waals surface area contributed by atoms with Gasteiger partial charge in [-0.05, 0) is 61.0 Å². The SMILES string of the molecule is C=CCOc1ccc(/C=N\NC(=O)c2ccc(OCC)cc2)cc1. The smallest absolute Gasteiger partial charge is 0.271 e. The van der Waals surface area contributed by atoms with Crippen LogP contribution in [-0.2, 0) is 0 Å². The summed E-state index contributed by atoms with van der Waals surface area (Å²) >= 11 is 0. The van der Waals surface area contributed by atoms with Crippen LogP contribution in [-0.4, -0.2) is 25.3 Å². The summed E-state index contributed by atoms with van der Waals surface area (Å²) in [4.78, 5) is 12.0. The van der Waals surface area contributed by atoms with Gasteiger partial charge in [0.2, 0.25) is 0 Å². The summed E-state index contributed by atoms with van der Waals surface area (Å²) in [6.07, 6.45) is 3.26. The average Bonchev–Trinajstić information content (AvgIpc) is 2.62. The molecule has 0 aliphatic rings. The largest absolute Gasteiger partial charge is 0.494 e. The molecule has 0 fully saturated rings. The lowest BCUT2D eigenvalue weighted by Crippen LogP contribution is -2.17. The van der Waals surface area contributed by atoms with Crippen molar-refractivity contribution in [2.45, 2.75) is 6.92 Å². The van der Waals surface area contributed by atoms with Crippen LogP contribution in [0.2, 0.25) is 0 Å². The number of rotatable bonds is 8. The highest BCUT2D eigenvalue weighted by Gasteiger charge is 2.04. The van der Waals surface area contributed by atoms with Crippen LogP contribution in [0.4, 0.5) is 0 Å². The van der Waals surface area contributed by atoms with Gasteiger partial charge in [-0.15, -0.1) is 0 Å². The number of amides is 1. The second-order valence-corrected chi connectivity index (χ2v) is 4.83. The summed E-state index contributed by atoms with van der Waals surface area (Å²) < 4.78 is 10.7. The zero-order chi connectivity index (χ0) is 17.2. The molecule has 0 saturated carbocycles. The molecule has 0 aliphatic carbocycles. The highest BCUT2D eigenvalue weighted by atomic mass is 16.5. The van der Waals surface area contributed by atoms with Crippen LogP contribution in [0.3, 0.4) is 0 Å². The van der Waals surface area contributed by atoms with Crippen LogP contribution in [0.15, 0.2) is 66.3 Å². The highest BCUT2D eigenvalue weighted by Crippen LogP contribution is 2.12. The van der Waals surface area contributed by atoms with Crippen molar-refractivity contribution >= 4 is 12.1 Å². The van der Waals surface area contributed by atoms with Crippen LogP contribution in [0.5, 0.6) is 11.5 Å². The Morgan fingerprint density at radius 3 is 2.33 bits per heavy atom. The maximum atomic E-state index is 12.0. The minimum atomic E-state index is -0.278. The quantitative estimate of drug-likeness (QED) is 0.460. The summed E-state index contributed by atoms with van der Waals surface area (Å²) in [5.74, 6) is 1.21. The molecule has 5 nitrogen and oxygen atoms in total. The van der Waals surface area contributed by atoms with E-state index in [1.165, 1.54) is 0 Å². The zero-order valence-corrected chi connectivity index (χ0v) is 13.6. The third-order valence-electron chi connectivity index (χ3n) is 3.06. The third kappa shape index (κ3) is 5.28. The van der Waals surface area contributed by atoms with E-state index in [0.717, 1.165) is 17.1 Å². The molecule has 0 aromatic heterocycles. The van der Waals surface area contributed by atoms with Crippen molar-refractivity contribution in [3.63, 3.8) is 0 Å². The van der Waals surface area contributed by atoms with E-state index in [1.54, 1.807) is 36.6 Å². The number of carbonyl (C=O) groups excluding carboxylic acids is 1. The van der Waals surface area contributed by atoms with Gasteiger partial charge in [0.1, 0.15) is 18.1 Å². The molecule has 1 amide bonds. The van der Waals surface area contributed by atoms with Crippen LogP contribution in [0, 0.1) is 0 Å². The predicted octanol–water partition coefficient (Wildman–Crippen LogP) is 3.41. The second-order valence-electron chi connectivity index (χ2n) is 4.83. The minimum Gasteiger partial charge on any atom is -0.494 e. The van der Waals surface area contributed by atoms with Gasteiger partial charge in [-0.1, -0.05) is 12.7 Å². The number of ether oxygens (including phenoxy) is 2. The first-order valence-corrected chi connectivity index (χ1v) is 7.63. The topological polar surface area (TPSA) is 59.9 Å². The van der Waals surface area contributed by atoms with Gasteiger partial charge < -0.3 is 9.47 Å². The number of nitrogens with one attached hydrogen (secondary N) is 1. The van der Waals surface area contributed by atoms with Crippen molar-refractivity contribution in [3.8, 4) is 11.5 Å². The maximum absolute atomic E-state index is 12.0. The Labute approximate surface area is 141 Å². The number of nitrogens with zero attached hydrogens (tertiary/aromatic N) is 1. The summed E-state index contributed by atoms with van der Waals surface area (Å²) in [5.41, 5.74) is 3.86. The molecule has 0 radical (unpaired) electrons. The van der Waals surface area contributed by atoms with E-state index in [1.807, 2.05) is 31.2 Å². The Hall–Kier alpha value is -3.08.